The number of carbonyl (C=O) groups excluding carboxylic acids is 2. The number of morpholine rings is 1. The fourth-order valence-electron chi connectivity index (χ4n) is 8.60. The molecule has 12 aromatic rings. The first-order valence-corrected chi connectivity index (χ1v) is 32.5. The van der Waals surface area contributed by atoms with E-state index in [1.165, 1.54) is 32.4 Å². The van der Waals surface area contributed by atoms with Gasteiger partial charge in [-0.15, -0.1) is 34.0 Å². The van der Waals surface area contributed by atoms with Crippen molar-refractivity contribution in [3.8, 4) is 57.1 Å². The zero-order chi connectivity index (χ0) is 64.1. The van der Waals surface area contributed by atoms with Crippen LogP contribution in [0.15, 0.2) is 182 Å². The van der Waals surface area contributed by atoms with Gasteiger partial charge in [-0.25, -0.2) is 39.9 Å². The van der Waals surface area contributed by atoms with Gasteiger partial charge in [0.25, 0.3) is 0 Å². The monoisotopic (exact) mass is 1300 g/mol. The molecule has 0 aromatic carbocycles. The number of ether oxygens (including phenoxy) is 3. The van der Waals surface area contributed by atoms with Gasteiger partial charge >= 0.3 is 6.15 Å². The van der Waals surface area contributed by atoms with Crippen LogP contribution in [0.25, 0.3) is 45.6 Å². The first kappa shape index (κ1) is 66.2. The summed E-state index contributed by atoms with van der Waals surface area (Å²) in [6, 6.07) is 38.7. The summed E-state index contributed by atoms with van der Waals surface area (Å²) < 4.78 is 16.5. The third kappa shape index (κ3) is 19.4. The van der Waals surface area contributed by atoms with Crippen molar-refractivity contribution in [2.75, 3.05) is 60.8 Å². The number of nitrogens with one attached hydrogen (secondary N) is 4. The van der Waals surface area contributed by atoms with Gasteiger partial charge in [-0.2, -0.15) is 9.59 Å². The Balaban J connectivity index is 0.000000143. The summed E-state index contributed by atoms with van der Waals surface area (Å²) >= 11 is 6.34. The Morgan fingerprint density at radius 2 is 0.826 bits per heavy atom. The molecule has 1 aliphatic rings. The molecule has 1 aliphatic heterocycles. The van der Waals surface area contributed by atoms with Crippen molar-refractivity contribution in [1.29, 1.82) is 0 Å². The highest BCUT2D eigenvalue weighted by Gasteiger charge is 2.20. The SMILES string of the molecule is CCOc1cccnc1Nc1nc(-c2ccccn2)cs1.CCOc1cccnc1Nc1nc(-c2ccccn2)cs1.CCc1sc(Nc2ncccc2C)nc1-c1ccccn1.Cc1cccnc1Nc1nc(-c2ccccn2)c(CN2CCOCC2)s1.O=C=O. The van der Waals surface area contributed by atoms with E-state index in [0.717, 1.165) is 140 Å². The molecule has 1 saturated heterocycles. The van der Waals surface area contributed by atoms with Crippen molar-refractivity contribution >= 4 is 95.3 Å². The van der Waals surface area contributed by atoms with E-state index in [1.54, 1.807) is 66.1 Å². The molecule has 0 atom stereocenters. The van der Waals surface area contributed by atoms with Crippen LogP contribution >= 0.6 is 45.3 Å². The molecule has 12 aromatic heterocycles. The molecule has 0 saturated carbocycles. The Bertz CT molecular complexity index is 4070. The normalized spacial score (nSPS) is 11.5. The standard InChI is InChI=1S/C19H21N5OS.C16H16N4S.2C15H14N4OS.CO2/c1-14-5-4-8-21-18(14)23-19-22-17(15-6-2-3-7-20-15)16(26-19)13-24-9-11-25-12-10-24;1-3-13-14(12-8-4-5-9-17-12)19-16(21-13)20-15-11(2)7-6-10-18-15;2*1-2-20-13-7-5-9-17-14(13)19-15-18-12(10-21-15)11-6-3-4-8-16-11;2-1-3/h2-8H,9-13H2,1H3,(H,21,22,23);4-10H,3H2,1-2H3,(H,18,19,20);2*3-10H,2H2,1H3,(H,17,18,19);. The number of nitrogens with zero attached hydrogens (tertiary/aromatic N) is 13. The second kappa shape index (κ2) is 35.3. The first-order valence-electron chi connectivity index (χ1n) is 29.1. The van der Waals surface area contributed by atoms with Gasteiger partial charge in [0.05, 0.1) is 54.1 Å². The maximum Gasteiger partial charge on any atom is 0.373 e. The number of thiazole rings is 4. The quantitative estimate of drug-likeness (QED) is 0.0586. The Labute approximate surface area is 548 Å². The minimum atomic E-state index is 0.250. The number of hydrogen-bond acceptors (Lipinski definition) is 26. The molecular weight excluding hydrogens is 1240 g/mol. The molecule has 0 bridgehead atoms. The minimum absolute atomic E-state index is 0.250. The average Bonchev–Trinajstić information content (AvgIpc) is 2.41. The Morgan fingerprint density at radius 3 is 1.23 bits per heavy atom. The molecule has 0 spiro atoms. The lowest BCUT2D eigenvalue weighted by Gasteiger charge is -2.26. The van der Waals surface area contributed by atoms with Crippen LogP contribution < -0.4 is 30.7 Å². The molecule has 13 rings (SSSR count). The van der Waals surface area contributed by atoms with Crippen molar-refractivity contribution < 1.29 is 23.8 Å². The number of aryl methyl sites for hydroxylation is 3. The topological polar surface area (TPSA) is 268 Å². The smallest absolute Gasteiger partial charge is 0.373 e. The largest absolute Gasteiger partial charge is 0.490 e. The van der Waals surface area contributed by atoms with E-state index in [9.17, 15) is 0 Å². The van der Waals surface area contributed by atoms with Crippen LogP contribution in [0.1, 0.15) is 41.7 Å². The molecular formula is C66H65N17O5S4. The van der Waals surface area contributed by atoms with E-state index < -0.39 is 0 Å². The molecule has 0 radical (unpaired) electrons. The highest BCUT2D eigenvalue weighted by Crippen LogP contribution is 2.36. The summed E-state index contributed by atoms with van der Waals surface area (Å²) in [6.45, 7) is 15.6. The van der Waals surface area contributed by atoms with E-state index in [2.05, 4.69) is 82.9 Å². The van der Waals surface area contributed by atoms with Gasteiger partial charge in [0.2, 0.25) is 0 Å². The predicted molar refractivity (Wildman–Crippen MR) is 364 cm³/mol. The third-order valence-corrected chi connectivity index (χ3v) is 16.5. The number of pyridine rings is 8. The van der Waals surface area contributed by atoms with E-state index >= 15 is 0 Å². The van der Waals surface area contributed by atoms with Crippen molar-refractivity contribution in [3.05, 3.63) is 203 Å². The predicted octanol–water partition coefficient (Wildman–Crippen LogP) is 14.6. The van der Waals surface area contributed by atoms with E-state index in [1.807, 2.05) is 166 Å². The van der Waals surface area contributed by atoms with Gasteiger partial charge in [-0.1, -0.05) is 54.7 Å². The van der Waals surface area contributed by atoms with E-state index in [-0.39, 0.29) is 6.15 Å². The average molecular weight is 1300 g/mol. The van der Waals surface area contributed by atoms with Crippen molar-refractivity contribution in [2.45, 2.75) is 47.6 Å². The lowest BCUT2D eigenvalue weighted by Crippen LogP contribution is -2.35. The van der Waals surface area contributed by atoms with Crippen LogP contribution in [0.5, 0.6) is 11.5 Å². The van der Waals surface area contributed by atoms with Gasteiger partial charge in [-0.05, 0) is 130 Å². The zero-order valence-corrected chi connectivity index (χ0v) is 54.2. The molecule has 13 heterocycles. The second-order valence-electron chi connectivity index (χ2n) is 19.2. The molecule has 0 unspecified atom stereocenters. The van der Waals surface area contributed by atoms with E-state index in [4.69, 9.17) is 33.8 Å². The summed E-state index contributed by atoms with van der Waals surface area (Å²) in [6.07, 6.45) is 15.3. The maximum atomic E-state index is 8.12. The summed E-state index contributed by atoms with van der Waals surface area (Å²) in [5, 5.41) is 20.2. The van der Waals surface area contributed by atoms with Gasteiger partial charge in [0.1, 0.15) is 34.4 Å². The molecule has 22 nitrogen and oxygen atoms in total. The molecule has 468 valence electrons. The van der Waals surface area contributed by atoms with Crippen LogP contribution in [-0.2, 0) is 27.3 Å². The highest BCUT2D eigenvalue weighted by molar-refractivity contribution is 7.16. The number of rotatable bonds is 19. The van der Waals surface area contributed by atoms with Crippen LogP contribution in [0, 0.1) is 13.8 Å². The fourth-order valence-corrected chi connectivity index (χ4v) is 11.9. The van der Waals surface area contributed by atoms with Gasteiger partial charge in [0.15, 0.2) is 43.7 Å². The lowest BCUT2D eigenvalue weighted by molar-refractivity contribution is -0.191. The van der Waals surface area contributed by atoms with Crippen molar-refractivity contribution in [2.24, 2.45) is 0 Å². The number of anilines is 8. The summed E-state index contributed by atoms with van der Waals surface area (Å²) in [7, 11) is 0. The minimum Gasteiger partial charge on any atom is -0.490 e. The van der Waals surface area contributed by atoms with Crippen molar-refractivity contribution in [1.82, 2.24) is 64.7 Å². The third-order valence-electron chi connectivity index (χ3n) is 12.9. The molecule has 0 aliphatic carbocycles. The van der Waals surface area contributed by atoms with Gasteiger partial charge < -0.3 is 35.5 Å². The van der Waals surface area contributed by atoms with Crippen LogP contribution in [0.3, 0.4) is 0 Å². The first-order chi connectivity index (χ1) is 45.2. The Kier molecular flexibility index (Phi) is 25.4. The second-order valence-corrected chi connectivity index (χ2v) is 23.1. The van der Waals surface area contributed by atoms with Gasteiger partial charge in [-0.3, -0.25) is 24.8 Å². The zero-order valence-electron chi connectivity index (χ0n) is 51.0. The molecule has 92 heavy (non-hydrogen) atoms. The fraction of sp³-hybridized carbons (Fsp3) is 0.197. The summed E-state index contributed by atoms with van der Waals surface area (Å²) in [4.78, 5) is 74.5. The maximum absolute atomic E-state index is 8.12. The summed E-state index contributed by atoms with van der Waals surface area (Å²) in [5.41, 5.74) is 9.31. The molecule has 0 amide bonds. The number of hydrogen-bond donors (Lipinski definition) is 4. The molecule has 26 heteroatoms. The van der Waals surface area contributed by atoms with E-state index in [0.29, 0.717) is 24.8 Å². The molecule has 1 fully saturated rings. The van der Waals surface area contributed by atoms with Crippen LogP contribution in [0.4, 0.5) is 43.8 Å². The highest BCUT2D eigenvalue weighted by atomic mass is 32.1. The van der Waals surface area contributed by atoms with Crippen LogP contribution in [0.2, 0.25) is 0 Å². The van der Waals surface area contributed by atoms with Crippen molar-refractivity contribution in [3.63, 3.8) is 0 Å². The van der Waals surface area contributed by atoms with Crippen LogP contribution in [-0.4, -0.2) is 110 Å². The van der Waals surface area contributed by atoms with Gasteiger partial charge in [0, 0.05) is 84.8 Å². The number of aromatic nitrogens is 12. The lowest BCUT2D eigenvalue weighted by atomic mass is 10.2. The Hall–Kier alpha value is -10.2. The Morgan fingerprint density at radius 1 is 0.446 bits per heavy atom. The summed E-state index contributed by atoms with van der Waals surface area (Å²) in [5.74, 6) is 4.46. The molecule has 4 N–H and O–H groups in total.